The summed E-state index contributed by atoms with van der Waals surface area (Å²) in [7, 11) is 0. The first-order chi connectivity index (χ1) is 12.1. The van der Waals surface area contributed by atoms with Gasteiger partial charge in [-0.05, 0) is 61.7 Å². The minimum absolute atomic E-state index is 0.0530. The van der Waals surface area contributed by atoms with Crippen molar-refractivity contribution in [2.75, 3.05) is 29.9 Å². The molecule has 0 spiro atoms. The van der Waals surface area contributed by atoms with Gasteiger partial charge >= 0.3 is 0 Å². The van der Waals surface area contributed by atoms with Gasteiger partial charge in [-0.3, -0.25) is 4.79 Å². The van der Waals surface area contributed by atoms with Gasteiger partial charge in [0.25, 0.3) is 0 Å². The standard InChI is InChI=1S/C20H24ClN3O/c1-15(16-5-4-6-17(21)13-16)22-14-20(25)23-18-7-9-19(10-8-18)24-11-2-3-12-24/h4-10,13,15,22H,2-3,11-12,14H2,1H3,(H,23,25)/t15-/m1/s1. The molecule has 0 bridgehead atoms. The van der Waals surface area contributed by atoms with Crippen LogP contribution in [0.4, 0.5) is 11.4 Å². The number of halogens is 1. The molecule has 1 aliphatic heterocycles. The van der Waals surface area contributed by atoms with E-state index < -0.39 is 0 Å². The first-order valence-corrected chi connectivity index (χ1v) is 9.13. The van der Waals surface area contributed by atoms with E-state index in [0.29, 0.717) is 5.02 Å². The van der Waals surface area contributed by atoms with Crippen molar-refractivity contribution in [1.82, 2.24) is 5.32 Å². The normalized spacial score (nSPS) is 15.2. The molecule has 1 aliphatic rings. The van der Waals surface area contributed by atoms with Gasteiger partial charge in [0.2, 0.25) is 5.91 Å². The topological polar surface area (TPSA) is 44.4 Å². The van der Waals surface area contributed by atoms with Crippen molar-refractivity contribution in [3.63, 3.8) is 0 Å². The molecule has 5 heteroatoms. The third kappa shape index (κ3) is 4.97. The predicted molar refractivity (Wildman–Crippen MR) is 104 cm³/mol. The highest BCUT2D eigenvalue weighted by Crippen LogP contribution is 2.22. The number of carbonyl (C=O) groups is 1. The third-order valence-corrected chi connectivity index (χ3v) is 4.77. The molecular formula is C20H24ClN3O. The Morgan fingerprint density at radius 3 is 2.56 bits per heavy atom. The van der Waals surface area contributed by atoms with E-state index in [1.54, 1.807) is 0 Å². The smallest absolute Gasteiger partial charge is 0.238 e. The third-order valence-electron chi connectivity index (χ3n) is 4.54. The second kappa shape index (κ2) is 8.37. The Morgan fingerprint density at radius 2 is 1.88 bits per heavy atom. The molecule has 0 radical (unpaired) electrons. The lowest BCUT2D eigenvalue weighted by molar-refractivity contribution is -0.115. The van der Waals surface area contributed by atoms with Crippen molar-refractivity contribution in [3.05, 3.63) is 59.1 Å². The molecule has 1 atom stereocenters. The van der Waals surface area contributed by atoms with Gasteiger partial charge in [0, 0.05) is 35.5 Å². The number of nitrogens with one attached hydrogen (secondary N) is 2. The summed E-state index contributed by atoms with van der Waals surface area (Å²) in [6.45, 7) is 4.51. The summed E-state index contributed by atoms with van der Waals surface area (Å²) in [5, 5.41) is 6.86. The number of nitrogens with zero attached hydrogens (tertiary/aromatic N) is 1. The van der Waals surface area contributed by atoms with Gasteiger partial charge in [-0.15, -0.1) is 0 Å². The van der Waals surface area contributed by atoms with Gasteiger partial charge in [0.15, 0.2) is 0 Å². The highest BCUT2D eigenvalue weighted by molar-refractivity contribution is 6.30. The van der Waals surface area contributed by atoms with E-state index in [4.69, 9.17) is 11.6 Å². The van der Waals surface area contributed by atoms with Crippen molar-refractivity contribution in [3.8, 4) is 0 Å². The van der Waals surface area contributed by atoms with Crippen LogP contribution in [-0.2, 0) is 4.79 Å². The number of carbonyl (C=O) groups excluding carboxylic acids is 1. The first-order valence-electron chi connectivity index (χ1n) is 8.75. The summed E-state index contributed by atoms with van der Waals surface area (Å²) in [5.74, 6) is -0.0530. The van der Waals surface area contributed by atoms with Gasteiger partial charge in [-0.1, -0.05) is 23.7 Å². The number of rotatable bonds is 6. The van der Waals surface area contributed by atoms with Crippen LogP contribution in [0.3, 0.4) is 0 Å². The summed E-state index contributed by atoms with van der Waals surface area (Å²) < 4.78 is 0. The van der Waals surface area contributed by atoms with Gasteiger partial charge in [0.05, 0.1) is 6.54 Å². The Kier molecular flexibility index (Phi) is 5.95. The average Bonchev–Trinajstić information content (AvgIpc) is 3.15. The van der Waals surface area contributed by atoms with Crippen molar-refractivity contribution in [1.29, 1.82) is 0 Å². The van der Waals surface area contributed by atoms with Crippen LogP contribution in [0.15, 0.2) is 48.5 Å². The SMILES string of the molecule is C[C@@H](NCC(=O)Nc1ccc(N2CCCC2)cc1)c1cccc(Cl)c1. The fourth-order valence-corrected chi connectivity index (χ4v) is 3.27. The second-order valence-electron chi connectivity index (χ2n) is 6.45. The predicted octanol–water partition coefficient (Wildman–Crippen LogP) is 4.23. The van der Waals surface area contributed by atoms with E-state index in [1.807, 2.05) is 43.3 Å². The summed E-state index contributed by atoms with van der Waals surface area (Å²) in [6.07, 6.45) is 2.52. The van der Waals surface area contributed by atoms with E-state index >= 15 is 0 Å². The molecule has 3 rings (SSSR count). The zero-order valence-electron chi connectivity index (χ0n) is 14.5. The van der Waals surface area contributed by atoms with Crippen molar-refractivity contribution in [2.24, 2.45) is 0 Å². The lowest BCUT2D eigenvalue weighted by Gasteiger charge is -2.18. The molecule has 25 heavy (non-hydrogen) atoms. The van der Waals surface area contributed by atoms with Crippen LogP contribution in [0.5, 0.6) is 0 Å². The molecule has 1 heterocycles. The number of amides is 1. The van der Waals surface area contributed by atoms with Gasteiger partial charge in [-0.25, -0.2) is 0 Å². The monoisotopic (exact) mass is 357 g/mol. The minimum atomic E-state index is -0.0530. The molecule has 1 saturated heterocycles. The maximum absolute atomic E-state index is 12.1. The molecule has 4 nitrogen and oxygen atoms in total. The van der Waals surface area contributed by atoms with E-state index in [2.05, 4.69) is 27.7 Å². The van der Waals surface area contributed by atoms with Crippen molar-refractivity contribution < 1.29 is 4.79 Å². The quantitative estimate of drug-likeness (QED) is 0.813. The van der Waals surface area contributed by atoms with E-state index in [0.717, 1.165) is 24.3 Å². The molecule has 2 N–H and O–H groups in total. The van der Waals surface area contributed by atoms with Crippen LogP contribution in [0, 0.1) is 0 Å². The molecule has 2 aromatic rings. The number of hydrogen-bond acceptors (Lipinski definition) is 3. The summed E-state index contributed by atoms with van der Waals surface area (Å²) in [4.78, 5) is 14.5. The molecule has 1 amide bonds. The zero-order valence-corrected chi connectivity index (χ0v) is 15.2. The Bertz CT molecular complexity index is 711. The fourth-order valence-electron chi connectivity index (χ4n) is 3.08. The first kappa shape index (κ1) is 17.8. The summed E-state index contributed by atoms with van der Waals surface area (Å²) in [6, 6.07) is 15.8. The highest BCUT2D eigenvalue weighted by atomic mass is 35.5. The van der Waals surface area contributed by atoms with Gasteiger partial charge < -0.3 is 15.5 Å². The Balaban J connectivity index is 1.48. The van der Waals surface area contributed by atoms with Crippen LogP contribution >= 0.6 is 11.6 Å². The summed E-state index contributed by atoms with van der Waals surface area (Å²) >= 11 is 6.01. The Labute approximate surface area is 154 Å². The van der Waals surface area contributed by atoms with Crippen LogP contribution in [-0.4, -0.2) is 25.5 Å². The number of hydrogen-bond donors (Lipinski definition) is 2. The maximum Gasteiger partial charge on any atom is 0.238 e. The second-order valence-corrected chi connectivity index (χ2v) is 6.88. The lowest BCUT2D eigenvalue weighted by atomic mass is 10.1. The Morgan fingerprint density at radius 1 is 1.16 bits per heavy atom. The summed E-state index contributed by atoms with van der Waals surface area (Å²) in [5.41, 5.74) is 3.11. The van der Waals surface area contributed by atoms with Gasteiger partial charge in [-0.2, -0.15) is 0 Å². The van der Waals surface area contributed by atoms with E-state index in [1.165, 1.54) is 18.5 Å². The van der Waals surface area contributed by atoms with Crippen LogP contribution in [0.25, 0.3) is 0 Å². The Hall–Kier alpha value is -2.04. The molecule has 0 unspecified atom stereocenters. The molecule has 2 aromatic carbocycles. The molecule has 0 saturated carbocycles. The lowest BCUT2D eigenvalue weighted by Crippen LogP contribution is -2.30. The van der Waals surface area contributed by atoms with Crippen LogP contribution in [0.2, 0.25) is 5.02 Å². The largest absolute Gasteiger partial charge is 0.372 e. The van der Waals surface area contributed by atoms with Gasteiger partial charge in [0.1, 0.15) is 0 Å². The number of anilines is 2. The van der Waals surface area contributed by atoms with E-state index in [9.17, 15) is 4.79 Å². The average molecular weight is 358 g/mol. The van der Waals surface area contributed by atoms with Crippen molar-refractivity contribution >= 4 is 28.9 Å². The molecular weight excluding hydrogens is 334 g/mol. The fraction of sp³-hybridized carbons (Fsp3) is 0.350. The molecule has 0 aliphatic carbocycles. The zero-order chi connectivity index (χ0) is 17.6. The van der Waals surface area contributed by atoms with Crippen LogP contribution in [0.1, 0.15) is 31.4 Å². The maximum atomic E-state index is 12.1. The number of benzene rings is 2. The minimum Gasteiger partial charge on any atom is -0.372 e. The van der Waals surface area contributed by atoms with Crippen LogP contribution < -0.4 is 15.5 Å². The highest BCUT2D eigenvalue weighted by Gasteiger charge is 2.12. The molecule has 1 fully saturated rings. The molecule has 132 valence electrons. The molecule has 0 aromatic heterocycles. The van der Waals surface area contributed by atoms with E-state index in [-0.39, 0.29) is 18.5 Å². The van der Waals surface area contributed by atoms with Crippen molar-refractivity contribution in [2.45, 2.75) is 25.8 Å².